The Bertz CT molecular complexity index is 500. The average molecular weight is 289 g/mol. The highest BCUT2D eigenvalue weighted by Crippen LogP contribution is 2.38. The van der Waals surface area contributed by atoms with Crippen molar-refractivity contribution < 1.29 is 9.53 Å². The van der Waals surface area contributed by atoms with Crippen LogP contribution in [0, 0.1) is 5.92 Å². The highest BCUT2D eigenvalue weighted by molar-refractivity contribution is 5.74. The quantitative estimate of drug-likeness (QED) is 0.844. The summed E-state index contributed by atoms with van der Waals surface area (Å²) in [6, 6.07) is 5.73. The van der Waals surface area contributed by atoms with Gasteiger partial charge in [-0.3, -0.25) is 9.69 Å². The maximum atomic E-state index is 11.4. The van der Waals surface area contributed by atoms with Gasteiger partial charge in [-0.1, -0.05) is 6.07 Å². The van der Waals surface area contributed by atoms with E-state index in [1.54, 1.807) is 13.1 Å². The molecule has 21 heavy (non-hydrogen) atoms. The molecule has 0 saturated carbocycles. The Morgan fingerprint density at radius 2 is 2.29 bits per heavy atom. The highest BCUT2D eigenvalue weighted by Gasteiger charge is 2.50. The van der Waals surface area contributed by atoms with Gasteiger partial charge in [0.2, 0.25) is 11.8 Å². The van der Waals surface area contributed by atoms with Gasteiger partial charge in [0, 0.05) is 32.3 Å². The fourth-order valence-corrected chi connectivity index (χ4v) is 3.44. The molecule has 0 radical (unpaired) electrons. The number of piperidine rings is 1. The molecule has 1 aromatic heterocycles. The molecule has 2 aliphatic rings. The molecule has 5 nitrogen and oxygen atoms in total. The van der Waals surface area contributed by atoms with Crippen LogP contribution in [-0.4, -0.2) is 59.5 Å². The number of hydrogen-bond donors (Lipinski definition) is 0. The predicted octanol–water partition coefficient (Wildman–Crippen LogP) is 1.40. The molecular weight excluding hydrogens is 266 g/mol. The first-order valence-corrected chi connectivity index (χ1v) is 7.60. The number of ether oxygens (including phenoxy) is 1. The van der Waals surface area contributed by atoms with E-state index in [0.717, 1.165) is 32.5 Å². The second-order valence-electron chi connectivity index (χ2n) is 6.36. The number of hydrogen-bond acceptors (Lipinski definition) is 4. The molecule has 3 heterocycles. The van der Waals surface area contributed by atoms with Gasteiger partial charge in [0.1, 0.15) is 0 Å². The molecule has 114 valence electrons. The van der Waals surface area contributed by atoms with E-state index < -0.39 is 0 Å². The number of likely N-dealkylation sites (N-methyl/N-ethyl adjacent to an activating group) is 1. The molecular formula is C16H23N3O2. The van der Waals surface area contributed by atoms with E-state index in [1.807, 2.05) is 23.1 Å². The smallest absolute Gasteiger partial charge is 0.219 e. The molecule has 0 aromatic carbocycles. The normalized spacial score (nSPS) is 24.7. The number of carbonyl (C=O) groups is 1. The second-order valence-corrected chi connectivity index (χ2v) is 6.36. The van der Waals surface area contributed by atoms with Crippen molar-refractivity contribution in [2.45, 2.75) is 25.3 Å². The summed E-state index contributed by atoms with van der Waals surface area (Å²) in [5.41, 5.74) is 0.169. The van der Waals surface area contributed by atoms with Gasteiger partial charge >= 0.3 is 0 Å². The highest BCUT2D eigenvalue weighted by atomic mass is 16.5. The lowest BCUT2D eigenvalue weighted by molar-refractivity contribution is -0.148. The van der Waals surface area contributed by atoms with Crippen LogP contribution in [0.5, 0.6) is 5.88 Å². The van der Waals surface area contributed by atoms with Crippen LogP contribution in [0.4, 0.5) is 0 Å². The number of amides is 1. The van der Waals surface area contributed by atoms with Crippen molar-refractivity contribution in [2.24, 2.45) is 5.92 Å². The second kappa shape index (κ2) is 5.64. The summed E-state index contributed by atoms with van der Waals surface area (Å²) >= 11 is 0. The fraction of sp³-hybridized carbons (Fsp3) is 0.625. The average Bonchev–Trinajstić information content (AvgIpc) is 2.45. The van der Waals surface area contributed by atoms with Gasteiger partial charge in [0.05, 0.1) is 12.1 Å². The molecule has 1 aromatic rings. The minimum Gasteiger partial charge on any atom is -0.477 e. The first kappa shape index (κ1) is 14.3. The van der Waals surface area contributed by atoms with Gasteiger partial charge in [0.25, 0.3) is 0 Å². The number of likely N-dealkylation sites (tertiary alicyclic amines) is 2. The third-order valence-corrected chi connectivity index (χ3v) is 4.87. The van der Waals surface area contributed by atoms with Gasteiger partial charge in [-0.15, -0.1) is 0 Å². The van der Waals surface area contributed by atoms with Crippen molar-refractivity contribution in [3.05, 3.63) is 24.4 Å². The summed E-state index contributed by atoms with van der Waals surface area (Å²) in [7, 11) is 2.17. The summed E-state index contributed by atoms with van der Waals surface area (Å²) in [6.45, 7) is 5.16. The Balaban J connectivity index is 1.55. The molecule has 3 rings (SSSR count). The van der Waals surface area contributed by atoms with E-state index in [9.17, 15) is 4.79 Å². The van der Waals surface area contributed by atoms with Crippen LogP contribution in [0.1, 0.15) is 19.8 Å². The Labute approximate surface area is 125 Å². The Morgan fingerprint density at radius 3 is 2.95 bits per heavy atom. The van der Waals surface area contributed by atoms with Crippen LogP contribution in [0.3, 0.4) is 0 Å². The van der Waals surface area contributed by atoms with Gasteiger partial charge < -0.3 is 9.64 Å². The molecule has 2 aliphatic heterocycles. The maximum Gasteiger partial charge on any atom is 0.219 e. The summed E-state index contributed by atoms with van der Waals surface area (Å²) in [6.07, 6.45) is 3.99. The predicted molar refractivity (Wildman–Crippen MR) is 80.1 cm³/mol. The summed E-state index contributed by atoms with van der Waals surface area (Å²) in [5, 5.41) is 0. The standard InChI is InChI=1S/C16H23N3O2/c1-13(20)19-11-16(12-19)9-14(6-8-18(16)2)10-21-15-5-3-4-7-17-15/h3-5,7,14H,6,8-12H2,1-2H3/t14-/m1/s1. The summed E-state index contributed by atoms with van der Waals surface area (Å²) in [5.74, 6) is 1.42. The van der Waals surface area contributed by atoms with Gasteiger partial charge in [-0.2, -0.15) is 0 Å². The van der Waals surface area contributed by atoms with Crippen molar-refractivity contribution in [3.8, 4) is 5.88 Å². The third-order valence-electron chi connectivity index (χ3n) is 4.87. The molecule has 0 bridgehead atoms. The molecule has 1 amide bonds. The van der Waals surface area contributed by atoms with Crippen LogP contribution in [0.2, 0.25) is 0 Å². The van der Waals surface area contributed by atoms with E-state index in [0.29, 0.717) is 18.4 Å². The van der Waals surface area contributed by atoms with E-state index in [4.69, 9.17) is 4.74 Å². The molecule has 0 N–H and O–H groups in total. The Morgan fingerprint density at radius 1 is 1.48 bits per heavy atom. The van der Waals surface area contributed by atoms with E-state index in [2.05, 4.69) is 16.9 Å². The molecule has 2 saturated heterocycles. The number of carbonyl (C=O) groups excluding carboxylic acids is 1. The van der Waals surface area contributed by atoms with E-state index >= 15 is 0 Å². The van der Waals surface area contributed by atoms with Crippen LogP contribution < -0.4 is 4.74 Å². The van der Waals surface area contributed by atoms with Crippen molar-refractivity contribution in [3.63, 3.8) is 0 Å². The molecule has 5 heteroatoms. The largest absolute Gasteiger partial charge is 0.477 e. The van der Waals surface area contributed by atoms with Gasteiger partial charge in [-0.05, 0) is 38.4 Å². The van der Waals surface area contributed by atoms with Crippen LogP contribution >= 0.6 is 0 Å². The van der Waals surface area contributed by atoms with Crippen molar-refractivity contribution in [1.29, 1.82) is 0 Å². The molecule has 1 atom stereocenters. The van der Waals surface area contributed by atoms with Crippen LogP contribution in [-0.2, 0) is 4.79 Å². The molecule has 0 aliphatic carbocycles. The van der Waals surface area contributed by atoms with Crippen LogP contribution in [0.25, 0.3) is 0 Å². The summed E-state index contributed by atoms with van der Waals surface area (Å²) in [4.78, 5) is 20.0. The SMILES string of the molecule is CC(=O)N1CC2(C[C@H](COc3ccccn3)CCN2C)C1. The monoisotopic (exact) mass is 289 g/mol. The lowest BCUT2D eigenvalue weighted by Crippen LogP contribution is -2.72. The van der Waals surface area contributed by atoms with E-state index in [-0.39, 0.29) is 11.4 Å². The minimum atomic E-state index is 0.169. The first-order chi connectivity index (χ1) is 10.1. The summed E-state index contributed by atoms with van der Waals surface area (Å²) < 4.78 is 5.81. The zero-order chi connectivity index (χ0) is 14.9. The lowest BCUT2D eigenvalue weighted by atomic mass is 9.75. The third kappa shape index (κ3) is 2.88. The fourth-order valence-electron chi connectivity index (χ4n) is 3.44. The van der Waals surface area contributed by atoms with Crippen LogP contribution in [0.15, 0.2) is 24.4 Å². The van der Waals surface area contributed by atoms with Crippen molar-refractivity contribution >= 4 is 5.91 Å². The van der Waals surface area contributed by atoms with Crippen molar-refractivity contribution in [1.82, 2.24) is 14.8 Å². The van der Waals surface area contributed by atoms with Gasteiger partial charge in [0.15, 0.2) is 0 Å². The zero-order valence-corrected chi connectivity index (χ0v) is 12.8. The minimum absolute atomic E-state index is 0.169. The maximum absolute atomic E-state index is 11.4. The lowest BCUT2D eigenvalue weighted by Gasteiger charge is -2.58. The molecule has 1 spiro atoms. The number of aromatic nitrogens is 1. The van der Waals surface area contributed by atoms with Crippen molar-refractivity contribution in [2.75, 3.05) is 33.3 Å². The van der Waals surface area contributed by atoms with E-state index in [1.165, 1.54) is 0 Å². The Kier molecular flexibility index (Phi) is 3.85. The molecule has 0 unspecified atom stereocenters. The number of nitrogens with zero attached hydrogens (tertiary/aromatic N) is 3. The Hall–Kier alpha value is -1.62. The number of pyridine rings is 1. The topological polar surface area (TPSA) is 45.7 Å². The first-order valence-electron chi connectivity index (χ1n) is 7.60. The molecule has 2 fully saturated rings. The zero-order valence-electron chi connectivity index (χ0n) is 12.8. The number of rotatable bonds is 3. The van der Waals surface area contributed by atoms with Gasteiger partial charge in [-0.25, -0.2) is 4.98 Å².